The Labute approximate surface area is 127 Å². The second-order valence-corrected chi connectivity index (χ2v) is 7.14. The Morgan fingerprint density at radius 1 is 1.35 bits per heavy atom. The van der Waals surface area contributed by atoms with Gasteiger partial charge in [-0.15, -0.1) is 0 Å². The Morgan fingerprint density at radius 3 is 2.60 bits per heavy atom. The van der Waals surface area contributed by atoms with Crippen LogP contribution in [0.15, 0.2) is 46.0 Å². The van der Waals surface area contributed by atoms with Gasteiger partial charge in [0.1, 0.15) is 0 Å². The van der Waals surface area contributed by atoms with Crippen molar-refractivity contribution < 1.29 is 8.42 Å². The van der Waals surface area contributed by atoms with Crippen molar-refractivity contribution in [2.75, 3.05) is 6.54 Å². The van der Waals surface area contributed by atoms with Crippen molar-refractivity contribution >= 4 is 26.0 Å². The molecule has 2 aromatic rings. The molecule has 20 heavy (non-hydrogen) atoms. The zero-order valence-corrected chi connectivity index (χ0v) is 13.7. The van der Waals surface area contributed by atoms with Crippen LogP contribution in [0, 0.1) is 0 Å². The van der Waals surface area contributed by atoms with Crippen LogP contribution in [0.25, 0.3) is 0 Å². The van der Waals surface area contributed by atoms with Crippen LogP contribution in [-0.4, -0.2) is 29.0 Å². The summed E-state index contributed by atoms with van der Waals surface area (Å²) in [6.07, 6.45) is 3.50. The van der Waals surface area contributed by atoms with E-state index in [0.717, 1.165) is 5.56 Å². The van der Waals surface area contributed by atoms with Gasteiger partial charge in [0.05, 0.1) is 11.1 Å². The molecule has 1 aromatic heterocycles. The first-order valence-electron chi connectivity index (χ1n) is 6.17. The topological polar surface area (TPSA) is 55.2 Å². The number of nitrogens with zero attached hydrogens (tertiary/aromatic N) is 3. The molecule has 0 amide bonds. The molecule has 108 valence electrons. The minimum Gasteiger partial charge on any atom is -0.275 e. The molecule has 0 fully saturated rings. The highest BCUT2D eigenvalue weighted by Crippen LogP contribution is 2.25. The number of hydrogen-bond donors (Lipinski definition) is 0. The van der Waals surface area contributed by atoms with E-state index < -0.39 is 10.0 Å². The quantitative estimate of drug-likeness (QED) is 0.825. The molecule has 7 heteroatoms. The van der Waals surface area contributed by atoms with Gasteiger partial charge in [0.2, 0.25) is 10.0 Å². The molecule has 0 bridgehead atoms. The number of benzene rings is 1. The second-order valence-electron chi connectivity index (χ2n) is 4.38. The molecule has 0 radical (unpaired) electrons. The SMILES string of the molecule is CCN(Cc1cnn(C)c1)S(=O)(=O)c1ccccc1Br. The van der Waals surface area contributed by atoms with Crippen molar-refractivity contribution in [3.05, 3.63) is 46.7 Å². The number of hydrogen-bond acceptors (Lipinski definition) is 3. The van der Waals surface area contributed by atoms with E-state index in [4.69, 9.17) is 0 Å². The third-order valence-electron chi connectivity index (χ3n) is 2.92. The van der Waals surface area contributed by atoms with Gasteiger partial charge in [-0.2, -0.15) is 9.40 Å². The van der Waals surface area contributed by atoms with E-state index in [1.807, 2.05) is 20.2 Å². The van der Waals surface area contributed by atoms with E-state index in [9.17, 15) is 8.42 Å². The zero-order valence-electron chi connectivity index (χ0n) is 11.3. The molecule has 0 saturated heterocycles. The van der Waals surface area contributed by atoms with Crippen LogP contribution in [0.2, 0.25) is 0 Å². The smallest absolute Gasteiger partial charge is 0.244 e. The number of aryl methyl sites for hydroxylation is 1. The predicted octanol–water partition coefficient (Wildman–Crippen LogP) is 2.39. The Balaban J connectivity index is 2.33. The van der Waals surface area contributed by atoms with Gasteiger partial charge < -0.3 is 0 Å². The summed E-state index contributed by atoms with van der Waals surface area (Å²) in [5, 5.41) is 4.06. The standard InChI is InChI=1S/C13H16BrN3O2S/c1-3-17(10-11-8-15-16(2)9-11)20(18,19)13-7-5-4-6-12(13)14/h4-9H,3,10H2,1-2H3. The first-order valence-corrected chi connectivity index (χ1v) is 8.40. The Hall–Kier alpha value is -1.18. The molecule has 0 aliphatic rings. The molecule has 0 spiro atoms. The predicted molar refractivity (Wildman–Crippen MR) is 80.6 cm³/mol. The summed E-state index contributed by atoms with van der Waals surface area (Å²) in [4.78, 5) is 0.283. The lowest BCUT2D eigenvalue weighted by molar-refractivity contribution is 0.423. The number of sulfonamides is 1. The number of halogens is 1. The Kier molecular flexibility index (Phi) is 4.62. The van der Waals surface area contributed by atoms with Gasteiger partial charge in [0.25, 0.3) is 0 Å². The Morgan fingerprint density at radius 2 is 2.05 bits per heavy atom. The molecule has 0 saturated carbocycles. The number of rotatable bonds is 5. The maximum atomic E-state index is 12.7. The van der Waals surface area contributed by atoms with E-state index in [-0.39, 0.29) is 4.90 Å². The monoisotopic (exact) mass is 357 g/mol. The van der Waals surface area contributed by atoms with Gasteiger partial charge >= 0.3 is 0 Å². The fourth-order valence-corrected chi connectivity index (χ4v) is 4.32. The summed E-state index contributed by atoms with van der Waals surface area (Å²) in [5.41, 5.74) is 0.866. The van der Waals surface area contributed by atoms with Crippen molar-refractivity contribution in [3.8, 4) is 0 Å². The molecule has 0 unspecified atom stereocenters. The van der Waals surface area contributed by atoms with Crippen LogP contribution in [0.5, 0.6) is 0 Å². The zero-order chi connectivity index (χ0) is 14.8. The highest BCUT2D eigenvalue weighted by Gasteiger charge is 2.25. The average molecular weight is 358 g/mol. The molecule has 2 rings (SSSR count). The minimum atomic E-state index is -3.52. The van der Waals surface area contributed by atoms with E-state index in [2.05, 4.69) is 21.0 Å². The third-order valence-corrected chi connectivity index (χ3v) is 5.86. The van der Waals surface area contributed by atoms with Crippen molar-refractivity contribution in [1.29, 1.82) is 0 Å². The lowest BCUT2D eigenvalue weighted by Gasteiger charge is -2.20. The molecular formula is C13H16BrN3O2S. The minimum absolute atomic E-state index is 0.283. The van der Waals surface area contributed by atoms with E-state index in [1.54, 1.807) is 35.1 Å². The summed E-state index contributed by atoms with van der Waals surface area (Å²) in [7, 11) is -1.71. The van der Waals surface area contributed by atoms with E-state index in [0.29, 0.717) is 17.6 Å². The van der Waals surface area contributed by atoms with Gasteiger partial charge in [-0.25, -0.2) is 8.42 Å². The van der Waals surface area contributed by atoms with Crippen molar-refractivity contribution in [2.45, 2.75) is 18.4 Å². The van der Waals surface area contributed by atoms with Crippen LogP contribution in [0.1, 0.15) is 12.5 Å². The fourth-order valence-electron chi connectivity index (χ4n) is 1.92. The van der Waals surface area contributed by atoms with Gasteiger partial charge in [0.15, 0.2) is 0 Å². The van der Waals surface area contributed by atoms with Crippen LogP contribution < -0.4 is 0 Å². The largest absolute Gasteiger partial charge is 0.275 e. The first kappa shape index (κ1) is 15.2. The summed E-state index contributed by atoms with van der Waals surface area (Å²) < 4.78 is 29.0. The highest BCUT2D eigenvalue weighted by molar-refractivity contribution is 9.10. The summed E-state index contributed by atoms with van der Waals surface area (Å²) in [5.74, 6) is 0. The number of aromatic nitrogens is 2. The van der Waals surface area contributed by atoms with Gasteiger partial charge in [0, 0.05) is 36.4 Å². The van der Waals surface area contributed by atoms with Crippen molar-refractivity contribution in [3.63, 3.8) is 0 Å². The lowest BCUT2D eigenvalue weighted by atomic mass is 10.3. The van der Waals surface area contributed by atoms with Gasteiger partial charge in [-0.05, 0) is 28.1 Å². The van der Waals surface area contributed by atoms with Crippen molar-refractivity contribution in [1.82, 2.24) is 14.1 Å². The summed E-state index contributed by atoms with van der Waals surface area (Å²) >= 11 is 3.30. The molecule has 1 heterocycles. The van der Waals surface area contributed by atoms with E-state index >= 15 is 0 Å². The van der Waals surface area contributed by atoms with Crippen LogP contribution in [-0.2, 0) is 23.6 Å². The molecule has 0 aliphatic carbocycles. The molecule has 0 N–H and O–H groups in total. The molecular weight excluding hydrogens is 342 g/mol. The maximum Gasteiger partial charge on any atom is 0.244 e. The van der Waals surface area contributed by atoms with Crippen LogP contribution in [0.3, 0.4) is 0 Å². The van der Waals surface area contributed by atoms with Crippen LogP contribution in [0.4, 0.5) is 0 Å². The average Bonchev–Trinajstić information content (AvgIpc) is 2.81. The highest BCUT2D eigenvalue weighted by atomic mass is 79.9. The second kappa shape index (κ2) is 6.07. The maximum absolute atomic E-state index is 12.7. The van der Waals surface area contributed by atoms with Crippen molar-refractivity contribution in [2.24, 2.45) is 7.05 Å². The molecule has 1 aromatic carbocycles. The van der Waals surface area contributed by atoms with Crippen LogP contribution >= 0.6 is 15.9 Å². The van der Waals surface area contributed by atoms with Gasteiger partial charge in [-0.1, -0.05) is 19.1 Å². The molecule has 0 aliphatic heterocycles. The summed E-state index contributed by atoms with van der Waals surface area (Å²) in [6.45, 7) is 2.54. The first-order chi connectivity index (χ1) is 9.45. The fraction of sp³-hybridized carbons (Fsp3) is 0.308. The van der Waals surface area contributed by atoms with E-state index in [1.165, 1.54) is 4.31 Å². The normalized spacial score (nSPS) is 12.0. The molecule has 0 atom stereocenters. The van der Waals surface area contributed by atoms with Gasteiger partial charge in [-0.3, -0.25) is 4.68 Å². The third kappa shape index (κ3) is 3.11. The lowest BCUT2D eigenvalue weighted by Crippen LogP contribution is -2.30. The Bertz CT molecular complexity index is 697. The molecule has 5 nitrogen and oxygen atoms in total. The summed E-state index contributed by atoms with van der Waals surface area (Å²) in [6, 6.07) is 6.84.